The van der Waals surface area contributed by atoms with Gasteiger partial charge in [-0.3, -0.25) is 10.2 Å². The van der Waals surface area contributed by atoms with Crippen molar-refractivity contribution in [2.75, 3.05) is 20.8 Å². The molecule has 1 aromatic carbocycles. The van der Waals surface area contributed by atoms with E-state index in [4.69, 9.17) is 9.47 Å². The molecule has 9 heteroatoms. The summed E-state index contributed by atoms with van der Waals surface area (Å²) in [5.74, 6) is 0.341. The molecule has 0 aromatic heterocycles. The van der Waals surface area contributed by atoms with Crippen molar-refractivity contribution in [3.63, 3.8) is 0 Å². The van der Waals surface area contributed by atoms with E-state index in [9.17, 15) is 9.90 Å². The van der Waals surface area contributed by atoms with Crippen molar-refractivity contribution in [2.45, 2.75) is 6.29 Å². The zero-order chi connectivity index (χ0) is 15.2. The second-order valence-electron chi connectivity index (χ2n) is 4.16. The SMILES string of the molecule is COc1cc(/C=N/NC2NNCC(=O)N2)cc(OC)c1O. The molecule has 1 amide bonds. The van der Waals surface area contributed by atoms with Crippen molar-refractivity contribution < 1.29 is 19.4 Å². The first kappa shape index (κ1) is 14.9. The van der Waals surface area contributed by atoms with Crippen LogP contribution in [0.25, 0.3) is 0 Å². The molecule has 9 nitrogen and oxygen atoms in total. The summed E-state index contributed by atoms with van der Waals surface area (Å²) in [5.41, 5.74) is 8.87. The average molecular weight is 295 g/mol. The highest BCUT2D eigenvalue weighted by Gasteiger charge is 2.15. The van der Waals surface area contributed by atoms with Gasteiger partial charge in [-0.1, -0.05) is 0 Å². The summed E-state index contributed by atoms with van der Waals surface area (Å²) in [6.45, 7) is 0.203. The van der Waals surface area contributed by atoms with Crippen LogP contribution in [0.1, 0.15) is 5.56 Å². The Kier molecular flexibility index (Phi) is 4.80. The summed E-state index contributed by atoms with van der Waals surface area (Å²) < 4.78 is 10.1. The molecule has 21 heavy (non-hydrogen) atoms. The van der Waals surface area contributed by atoms with E-state index < -0.39 is 6.29 Å². The predicted octanol–water partition coefficient (Wildman–Crippen LogP) is -1.16. The van der Waals surface area contributed by atoms with Crippen molar-refractivity contribution in [1.82, 2.24) is 21.6 Å². The highest BCUT2D eigenvalue weighted by molar-refractivity contribution is 5.82. The van der Waals surface area contributed by atoms with Gasteiger partial charge in [0.1, 0.15) is 0 Å². The monoisotopic (exact) mass is 295 g/mol. The van der Waals surface area contributed by atoms with Crippen LogP contribution >= 0.6 is 0 Å². The highest BCUT2D eigenvalue weighted by atomic mass is 16.5. The molecular formula is C12H17N5O4. The number of amides is 1. The fourth-order valence-corrected chi connectivity index (χ4v) is 1.72. The standard InChI is InChI=1S/C12H17N5O4/c1-20-8-3-7(4-9(21-2)11(8)19)5-13-16-12-15-10(18)6-14-17-12/h3-5,12,14,16-17,19H,6H2,1-2H3,(H,15,18)/b13-5+. The number of benzene rings is 1. The smallest absolute Gasteiger partial charge is 0.238 e. The average Bonchev–Trinajstić information content (AvgIpc) is 2.48. The van der Waals surface area contributed by atoms with Gasteiger partial charge in [-0.2, -0.15) is 5.10 Å². The number of methoxy groups -OCH3 is 2. The second-order valence-corrected chi connectivity index (χ2v) is 4.16. The van der Waals surface area contributed by atoms with Crippen LogP contribution in [0.5, 0.6) is 17.2 Å². The zero-order valence-corrected chi connectivity index (χ0v) is 11.6. The minimum Gasteiger partial charge on any atom is -0.502 e. The van der Waals surface area contributed by atoms with Crippen LogP contribution in [0.15, 0.2) is 17.2 Å². The molecule has 0 aliphatic carbocycles. The molecule has 5 N–H and O–H groups in total. The Morgan fingerprint density at radius 1 is 1.38 bits per heavy atom. The molecule has 1 aliphatic rings. The predicted molar refractivity (Wildman–Crippen MR) is 75.0 cm³/mol. The van der Waals surface area contributed by atoms with Gasteiger partial charge < -0.3 is 19.9 Å². The van der Waals surface area contributed by atoms with E-state index in [1.54, 1.807) is 12.1 Å². The summed E-state index contributed by atoms with van der Waals surface area (Å²) in [7, 11) is 2.89. The van der Waals surface area contributed by atoms with Crippen molar-refractivity contribution in [1.29, 1.82) is 0 Å². The first-order valence-electron chi connectivity index (χ1n) is 6.15. The van der Waals surface area contributed by atoms with E-state index >= 15 is 0 Å². The summed E-state index contributed by atoms with van der Waals surface area (Å²) in [6, 6.07) is 3.21. The molecule has 1 unspecified atom stereocenters. The second kappa shape index (κ2) is 6.77. The number of nitrogens with zero attached hydrogens (tertiary/aromatic N) is 1. The van der Waals surface area contributed by atoms with Gasteiger partial charge in [0.15, 0.2) is 17.8 Å². The normalized spacial score (nSPS) is 18.4. The number of hydrogen-bond donors (Lipinski definition) is 5. The van der Waals surface area contributed by atoms with E-state index in [-0.39, 0.29) is 29.7 Å². The van der Waals surface area contributed by atoms with Crippen LogP contribution in [0, 0.1) is 0 Å². The van der Waals surface area contributed by atoms with Crippen LogP contribution in [-0.2, 0) is 4.79 Å². The molecule has 1 aliphatic heterocycles. The third-order valence-electron chi connectivity index (χ3n) is 2.72. The van der Waals surface area contributed by atoms with E-state index in [0.717, 1.165) is 0 Å². The number of aromatic hydroxyl groups is 1. The van der Waals surface area contributed by atoms with Crippen molar-refractivity contribution in [3.8, 4) is 17.2 Å². The van der Waals surface area contributed by atoms with Crippen LogP contribution in [-0.4, -0.2) is 44.3 Å². The maximum Gasteiger partial charge on any atom is 0.238 e. The van der Waals surface area contributed by atoms with Gasteiger partial charge in [-0.25, -0.2) is 10.9 Å². The van der Waals surface area contributed by atoms with Crippen molar-refractivity contribution >= 4 is 12.1 Å². The minimum absolute atomic E-state index is 0.0736. The number of nitrogens with one attached hydrogen (secondary N) is 4. The van der Waals surface area contributed by atoms with Gasteiger partial charge in [0.2, 0.25) is 11.7 Å². The molecule has 0 radical (unpaired) electrons. The molecule has 1 aromatic rings. The maximum atomic E-state index is 11.1. The van der Waals surface area contributed by atoms with Crippen LogP contribution in [0.2, 0.25) is 0 Å². The molecule has 1 atom stereocenters. The number of rotatable bonds is 5. The van der Waals surface area contributed by atoms with Crippen molar-refractivity contribution in [2.24, 2.45) is 5.10 Å². The van der Waals surface area contributed by atoms with Gasteiger partial charge in [0, 0.05) is 5.56 Å². The molecule has 0 spiro atoms. The lowest BCUT2D eigenvalue weighted by molar-refractivity contribution is -0.123. The van der Waals surface area contributed by atoms with Gasteiger partial charge in [-0.05, 0) is 12.1 Å². The number of hydrazine groups is 1. The Labute approximate surface area is 121 Å². The zero-order valence-electron chi connectivity index (χ0n) is 11.6. The van der Waals surface area contributed by atoms with Crippen LogP contribution < -0.4 is 31.1 Å². The van der Waals surface area contributed by atoms with Crippen LogP contribution in [0.4, 0.5) is 0 Å². The van der Waals surface area contributed by atoms with Gasteiger partial charge >= 0.3 is 0 Å². The molecule has 1 fully saturated rings. The van der Waals surface area contributed by atoms with Gasteiger partial charge in [0.05, 0.1) is 27.0 Å². The van der Waals surface area contributed by atoms with E-state index in [2.05, 4.69) is 26.7 Å². The van der Waals surface area contributed by atoms with E-state index in [1.807, 2.05) is 0 Å². The minimum atomic E-state index is -0.511. The van der Waals surface area contributed by atoms with Gasteiger partial charge in [-0.15, -0.1) is 0 Å². The van der Waals surface area contributed by atoms with E-state index in [1.165, 1.54) is 20.4 Å². The molecule has 0 saturated carbocycles. The largest absolute Gasteiger partial charge is 0.502 e. The number of hydrogen-bond acceptors (Lipinski definition) is 8. The Balaban J connectivity index is 2.04. The highest BCUT2D eigenvalue weighted by Crippen LogP contribution is 2.36. The summed E-state index contributed by atoms with van der Waals surface area (Å²) >= 11 is 0. The fraction of sp³-hybridized carbons (Fsp3) is 0.333. The van der Waals surface area contributed by atoms with Crippen molar-refractivity contribution in [3.05, 3.63) is 17.7 Å². The quantitative estimate of drug-likeness (QED) is 0.344. The Bertz CT molecular complexity index is 523. The van der Waals surface area contributed by atoms with E-state index in [0.29, 0.717) is 5.56 Å². The molecule has 1 saturated heterocycles. The lowest BCUT2D eigenvalue weighted by atomic mass is 10.2. The Morgan fingerprint density at radius 3 is 2.62 bits per heavy atom. The molecule has 0 bridgehead atoms. The number of carbonyl (C=O) groups is 1. The topological polar surface area (TPSA) is 116 Å². The summed E-state index contributed by atoms with van der Waals surface area (Å²) in [5, 5.41) is 16.4. The summed E-state index contributed by atoms with van der Waals surface area (Å²) in [4.78, 5) is 11.1. The summed E-state index contributed by atoms with van der Waals surface area (Å²) in [6.07, 6.45) is 0.996. The Morgan fingerprint density at radius 2 is 2.05 bits per heavy atom. The lowest BCUT2D eigenvalue weighted by Crippen LogP contribution is -2.64. The number of phenols is 1. The van der Waals surface area contributed by atoms with Gasteiger partial charge in [0.25, 0.3) is 0 Å². The molecule has 2 rings (SSSR count). The molecule has 114 valence electrons. The number of ether oxygens (including phenoxy) is 2. The molecular weight excluding hydrogens is 278 g/mol. The fourth-order valence-electron chi connectivity index (χ4n) is 1.72. The maximum absolute atomic E-state index is 11.1. The first-order valence-corrected chi connectivity index (χ1v) is 6.15. The number of carbonyl (C=O) groups excluding carboxylic acids is 1. The molecule has 1 heterocycles. The van der Waals surface area contributed by atoms with Crippen LogP contribution in [0.3, 0.4) is 0 Å². The number of hydrazone groups is 1. The Hall–Kier alpha value is -2.52. The third-order valence-corrected chi connectivity index (χ3v) is 2.72. The lowest BCUT2D eigenvalue weighted by Gasteiger charge is -2.24. The first-order chi connectivity index (χ1) is 10.1. The number of phenolic OH excluding ortho intramolecular Hbond substituents is 1. The third kappa shape index (κ3) is 3.74.